The van der Waals surface area contributed by atoms with Crippen LogP contribution in [0.25, 0.3) is 0 Å². The van der Waals surface area contributed by atoms with Crippen LogP contribution in [0.15, 0.2) is 71.6 Å². The minimum absolute atomic E-state index is 0.267. The van der Waals surface area contributed by atoms with Gasteiger partial charge in [0.2, 0.25) is 0 Å². The van der Waals surface area contributed by atoms with E-state index >= 15 is 0 Å². The Hall–Kier alpha value is -4.04. The standard InChI is InChI=1S/C33H28F12N2O5S/c34-22-8-10-23(11-9-22)53(50,51)28(12-15-47(19-28)27(48)46-16-13-29(49,14-17-46)31(37,38)39)20-4-6-21(7-5-20)30(32(40,41)42,33(43,44)45)52-18-24-25(35)2-1-3-26(24)36/h1-11,49H,12-19H2/t28-/m0/s1. The van der Waals surface area contributed by atoms with Crippen molar-refractivity contribution in [1.82, 2.24) is 9.80 Å². The third-order valence-electron chi connectivity index (χ3n) is 9.64. The highest BCUT2D eigenvalue weighted by atomic mass is 32.2. The number of hydrogen-bond donors (Lipinski definition) is 1. The van der Waals surface area contributed by atoms with Crippen molar-refractivity contribution in [2.24, 2.45) is 0 Å². The molecule has 2 aliphatic rings. The maximum Gasteiger partial charge on any atom is 0.430 e. The fourth-order valence-electron chi connectivity index (χ4n) is 6.54. The lowest BCUT2D eigenvalue weighted by atomic mass is 9.88. The van der Waals surface area contributed by atoms with Crippen molar-refractivity contribution in [1.29, 1.82) is 0 Å². The van der Waals surface area contributed by atoms with Gasteiger partial charge in [-0.05, 0) is 48.4 Å². The number of likely N-dealkylation sites (tertiary alicyclic amines) is 2. The van der Waals surface area contributed by atoms with Crippen molar-refractivity contribution >= 4 is 15.9 Å². The summed E-state index contributed by atoms with van der Waals surface area (Å²) in [4.78, 5) is 14.8. The zero-order valence-corrected chi connectivity index (χ0v) is 27.7. The van der Waals surface area contributed by atoms with E-state index in [-0.39, 0.29) is 12.1 Å². The van der Waals surface area contributed by atoms with Crippen LogP contribution in [0, 0.1) is 17.5 Å². The van der Waals surface area contributed by atoms with Gasteiger partial charge in [-0.15, -0.1) is 0 Å². The summed E-state index contributed by atoms with van der Waals surface area (Å²) in [6.07, 6.45) is -19.9. The summed E-state index contributed by atoms with van der Waals surface area (Å²) >= 11 is 0. The summed E-state index contributed by atoms with van der Waals surface area (Å²) in [5.41, 5.74) is -11.6. The van der Waals surface area contributed by atoms with Gasteiger partial charge >= 0.3 is 24.6 Å². The quantitative estimate of drug-likeness (QED) is 0.198. The summed E-state index contributed by atoms with van der Waals surface area (Å²) in [6, 6.07) is 6.05. The molecule has 7 nitrogen and oxygen atoms in total. The van der Waals surface area contributed by atoms with Crippen LogP contribution in [-0.4, -0.2) is 79.7 Å². The molecule has 0 aromatic heterocycles. The van der Waals surface area contributed by atoms with E-state index in [1.807, 2.05) is 0 Å². The molecule has 2 fully saturated rings. The summed E-state index contributed by atoms with van der Waals surface area (Å²) in [5, 5.41) is 9.99. The maximum absolute atomic E-state index is 14.5. The predicted octanol–water partition coefficient (Wildman–Crippen LogP) is 7.52. The van der Waals surface area contributed by atoms with E-state index in [2.05, 4.69) is 4.74 Å². The van der Waals surface area contributed by atoms with Gasteiger partial charge in [-0.2, -0.15) is 39.5 Å². The minimum Gasteiger partial charge on any atom is -0.380 e. The monoisotopic (exact) mass is 792 g/mol. The number of benzene rings is 3. The van der Waals surface area contributed by atoms with Crippen LogP contribution in [0.5, 0.6) is 0 Å². The first kappa shape index (κ1) is 40.2. The highest BCUT2D eigenvalue weighted by Gasteiger charge is 2.73. The van der Waals surface area contributed by atoms with E-state index in [9.17, 15) is 71.0 Å². The lowest BCUT2D eigenvalue weighted by Gasteiger charge is -2.40. The Kier molecular flexibility index (Phi) is 10.4. The Morgan fingerprint density at radius 2 is 1.25 bits per heavy atom. The summed E-state index contributed by atoms with van der Waals surface area (Å²) in [6.45, 7) is -4.22. The molecule has 2 saturated heterocycles. The fourth-order valence-corrected chi connectivity index (χ4v) is 8.62. The molecule has 53 heavy (non-hydrogen) atoms. The van der Waals surface area contributed by atoms with Gasteiger partial charge in [-0.1, -0.05) is 30.3 Å². The highest BCUT2D eigenvalue weighted by Crippen LogP contribution is 2.54. The molecule has 1 atom stereocenters. The van der Waals surface area contributed by atoms with Gasteiger partial charge in [-0.25, -0.2) is 26.4 Å². The van der Waals surface area contributed by atoms with Crippen molar-refractivity contribution in [3.05, 3.63) is 101 Å². The van der Waals surface area contributed by atoms with E-state index < -0.39 is 141 Å². The molecule has 1 N–H and O–H groups in total. The average molecular weight is 793 g/mol. The topological polar surface area (TPSA) is 87.2 Å². The minimum atomic E-state index is -6.31. The molecule has 3 aromatic carbocycles. The van der Waals surface area contributed by atoms with E-state index in [4.69, 9.17) is 0 Å². The second-order valence-corrected chi connectivity index (χ2v) is 14.9. The zero-order valence-electron chi connectivity index (χ0n) is 26.9. The van der Waals surface area contributed by atoms with E-state index in [0.717, 1.165) is 40.1 Å². The van der Waals surface area contributed by atoms with E-state index in [1.54, 1.807) is 0 Å². The first-order valence-electron chi connectivity index (χ1n) is 15.5. The van der Waals surface area contributed by atoms with E-state index in [0.29, 0.717) is 24.3 Å². The largest absolute Gasteiger partial charge is 0.430 e. The molecule has 0 spiro atoms. The Morgan fingerprint density at radius 3 is 1.74 bits per heavy atom. The molecule has 20 heteroatoms. The number of carbonyl (C=O) groups is 1. The highest BCUT2D eigenvalue weighted by molar-refractivity contribution is 7.92. The van der Waals surface area contributed by atoms with Crippen molar-refractivity contribution in [2.75, 3.05) is 26.2 Å². The lowest BCUT2D eigenvalue weighted by Crippen LogP contribution is -2.56. The molecule has 5 rings (SSSR count). The Morgan fingerprint density at radius 1 is 0.736 bits per heavy atom. The SMILES string of the molecule is O=C(N1CCC(O)(C(F)(F)F)CC1)N1CC[C@](c2ccc(C(OCc3c(F)cccc3F)(C(F)(F)F)C(F)(F)F)cc2)(S(=O)(=O)c2ccc(F)cc2)C1. The average Bonchev–Trinajstić information content (AvgIpc) is 3.52. The van der Waals surface area contributed by atoms with Gasteiger partial charge in [0.15, 0.2) is 15.4 Å². The molecule has 2 aliphatic heterocycles. The third-order valence-corrected chi connectivity index (χ3v) is 12.1. The molecule has 0 saturated carbocycles. The van der Waals surface area contributed by atoms with Crippen molar-refractivity contribution in [2.45, 2.75) is 65.2 Å². The molecular weight excluding hydrogens is 764 g/mol. The van der Waals surface area contributed by atoms with Crippen molar-refractivity contribution < 1.29 is 75.7 Å². The molecule has 3 aromatic rings. The van der Waals surface area contributed by atoms with Crippen LogP contribution in [-0.2, 0) is 31.5 Å². The second kappa shape index (κ2) is 13.7. The number of aliphatic hydroxyl groups is 1. The summed E-state index contributed by atoms with van der Waals surface area (Å²) < 4.78 is 200. The smallest absolute Gasteiger partial charge is 0.380 e. The number of halogens is 12. The number of ether oxygens (including phenoxy) is 1. The molecule has 0 unspecified atom stereocenters. The molecule has 290 valence electrons. The molecular formula is C33H28F12N2O5S. The number of sulfone groups is 1. The van der Waals surface area contributed by atoms with Crippen LogP contribution >= 0.6 is 0 Å². The molecule has 0 aliphatic carbocycles. The first-order chi connectivity index (χ1) is 24.4. The Bertz CT molecular complexity index is 1890. The number of nitrogens with zero attached hydrogens (tertiary/aromatic N) is 2. The molecule has 2 heterocycles. The molecule has 0 bridgehead atoms. The van der Waals surface area contributed by atoms with Crippen molar-refractivity contribution in [3.8, 4) is 0 Å². The number of piperidine rings is 1. The van der Waals surface area contributed by atoms with Gasteiger partial charge in [0.1, 0.15) is 22.2 Å². The normalized spacial score (nSPS) is 20.2. The van der Waals surface area contributed by atoms with Crippen LogP contribution in [0.1, 0.15) is 36.0 Å². The number of rotatable bonds is 7. The van der Waals surface area contributed by atoms with Gasteiger partial charge in [-0.3, -0.25) is 0 Å². The van der Waals surface area contributed by atoms with Crippen LogP contribution < -0.4 is 0 Å². The third kappa shape index (κ3) is 6.92. The van der Waals surface area contributed by atoms with Gasteiger partial charge in [0.25, 0.3) is 5.60 Å². The summed E-state index contributed by atoms with van der Waals surface area (Å²) in [7, 11) is -4.79. The van der Waals surface area contributed by atoms with Crippen LogP contribution in [0.3, 0.4) is 0 Å². The number of alkyl halides is 9. The molecule has 0 radical (unpaired) electrons. The Labute approximate surface area is 293 Å². The molecule has 2 amide bonds. The van der Waals surface area contributed by atoms with Crippen LogP contribution in [0.2, 0.25) is 0 Å². The number of hydrogen-bond acceptors (Lipinski definition) is 5. The summed E-state index contributed by atoms with van der Waals surface area (Å²) in [5.74, 6) is -3.85. The van der Waals surface area contributed by atoms with Crippen LogP contribution in [0.4, 0.5) is 57.5 Å². The van der Waals surface area contributed by atoms with Crippen molar-refractivity contribution in [3.63, 3.8) is 0 Å². The predicted molar refractivity (Wildman–Crippen MR) is 160 cm³/mol. The van der Waals surface area contributed by atoms with Gasteiger partial charge < -0.3 is 19.6 Å². The maximum atomic E-state index is 14.5. The van der Waals surface area contributed by atoms with Gasteiger partial charge in [0, 0.05) is 50.1 Å². The fraction of sp³-hybridized carbons (Fsp3) is 0.424. The second-order valence-electron chi connectivity index (χ2n) is 12.7. The number of amides is 2. The Balaban J connectivity index is 1.55. The first-order valence-corrected chi connectivity index (χ1v) is 17.0. The zero-order chi connectivity index (χ0) is 39.4. The lowest BCUT2D eigenvalue weighted by molar-refractivity contribution is -0.392. The number of carbonyl (C=O) groups excluding carboxylic acids is 1. The van der Waals surface area contributed by atoms with E-state index in [1.165, 1.54) is 0 Å². The van der Waals surface area contributed by atoms with Gasteiger partial charge in [0.05, 0.1) is 11.5 Å². The number of urea groups is 1.